The normalized spacial score (nSPS) is 26.8. The van der Waals surface area contributed by atoms with E-state index in [0.717, 1.165) is 38.8 Å². The van der Waals surface area contributed by atoms with Crippen molar-refractivity contribution in [2.24, 2.45) is 17.6 Å². The predicted octanol–water partition coefficient (Wildman–Crippen LogP) is 1.04. The molecule has 0 bridgehead atoms. The lowest BCUT2D eigenvalue weighted by Crippen LogP contribution is -2.43. The third kappa shape index (κ3) is 3.62. The molecule has 0 radical (unpaired) electrons. The molecule has 0 spiro atoms. The number of thioether (sulfide) groups is 1. The summed E-state index contributed by atoms with van der Waals surface area (Å²) in [4.78, 5) is 2.53. The van der Waals surface area contributed by atoms with Gasteiger partial charge in [-0.1, -0.05) is 0 Å². The topological polar surface area (TPSA) is 38.5 Å². The molecule has 2 aliphatic rings. The van der Waals surface area contributed by atoms with E-state index in [4.69, 9.17) is 10.5 Å². The minimum Gasteiger partial charge on any atom is -0.379 e. The maximum Gasteiger partial charge on any atom is 0.0594 e. The van der Waals surface area contributed by atoms with Crippen LogP contribution in [0.25, 0.3) is 0 Å². The molecule has 0 aliphatic carbocycles. The van der Waals surface area contributed by atoms with Crippen LogP contribution in [0.5, 0.6) is 0 Å². The summed E-state index contributed by atoms with van der Waals surface area (Å²) in [6.07, 6.45) is 2.74. The highest BCUT2D eigenvalue weighted by Crippen LogP contribution is 2.29. The van der Waals surface area contributed by atoms with Crippen LogP contribution >= 0.6 is 11.8 Å². The van der Waals surface area contributed by atoms with Gasteiger partial charge in [0.25, 0.3) is 0 Å². The van der Waals surface area contributed by atoms with Gasteiger partial charge in [0.1, 0.15) is 0 Å². The second-order valence-corrected chi connectivity index (χ2v) is 6.08. The Hall–Kier alpha value is 0.230. The minimum absolute atomic E-state index is 0.707. The number of hydrogen-bond acceptors (Lipinski definition) is 4. The number of hydrogen-bond donors (Lipinski definition) is 1. The molecule has 0 saturated carbocycles. The van der Waals surface area contributed by atoms with Crippen molar-refractivity contribution in [3.63, 3.8) is 0 Å². The SMILES string of the molecule is NCC(CN1CCOCC1)C1CCSCC1. The zero-order valence-corrected chi connectivity index (χ0v) is 10.9. The lowest BCUT2D eigenvalue weighted by atomic mass is 9.87. The average molecular weight is 244 g/mol. The highest BCUT2D eigenvalue weighted by atomic mass is 32.2. The van der Waals surface area contributed by atoms with Crippen LogP contribution in [0.3, 0.4) is 0 Å². The molecule has 1 unspecified atom stereocenters. The molecule has 94 valence electrons. The van der Waals surface area contributed by atoms with Crippen molar-refractivity contribution in [1.29, 1.82) is 0 Å². The molecule has 0 amide bonds. The first-order valence-corrected chi connectivity index (χ1v) is 7.63. The second-order valence-electron chi connectivity index (χ2n) is 4.86. The van der Waals surface area contributed by atoms with Crippen LogP contribution in [0.4, 0.5) is 0 Å². The van der Waals surface area contributed by atoms with E-state index in [0.29, 0.717) is 5.92 Å². The van der Waals surface area contributed by atoms with Gasteiger partial charge in [0.2, 0.25) is 0 Å². The molecule has 0 aromatic rings. The number of nitrogens with zero attached hydrogens (tertiary/aromatic N) is 1. The van der Waals surface area contributed by atoms with Gasteiger partial charge in [0.05, 0.1) is 13.2 Å². The van der Waals surface area contributed by atoms with Crippen molar-refractivity contribution in [2.45, 2.75) is 12.8 Å². The Balaban J connectivity index is 1.78. The molecule has 0 aromatic carbocycles. The van der Waals surface area contributed by atoms with Gasteiger partial charge in [-0.3, -0.25) is 4.90 Å². The summed E-state index contributed by atoms with van der Waals surface area (Å²) in [6, 6.07) is 0. The third-order valence-corrected chi connectivity index (χ3v) is 4.88. The summed E-state index contributed by atoms with van der Waals surface area (Å²) in [5.41, 5.74) is 5.96. The van der Waals surface area contributed by atoms with Crippen LogP contribution in [0.15, 0.2) is 0 Å². The summed E-state index contributed by atoms with van der Waals surface area (Å²) in [5.74, 6) is 4.25. The summed E-state index contributed by atoms with van der Waals surface area (Å²) in [6.45, 7) is 6.04. The zero-order chi connectivity index (χ0) is 11.2. The predicted molar refractivity (Wildman–Crippen MR) is 69.9 cm³/mol. The Labute approximate surface area is 103 Å². The van der Waals surface area contributed by atoms with E-state index in [1.165, 1.54) is 30.9 Å². The van der Waals surface area contributed by atoms with Crippen LogP contribution in [0, 0.1) is 11.8 Å². The fourth-order valence-electron chi connectivity index (χ4n) is 2.72. The summed E-state index contributed by atoms with van der Waals surface area (Å²) in [7, 11) is 0. The summed E-state index contributed by atoms with van der Waals surface area (Å²) < 4.78 is 5.38. The molecule has 2 N–H and O–H groups in total. The van der Waals surface area contributed by atoms with Crippen LogP contribution in [0.1, 0.15) is 12.8 Å². The number of morpholine rings is 1. The Morgan fingerprint density at radius 1 is 1.25 bits per heavy atom. The lowest BCUT2D eigenvalue weighted by Gasteiger charge is -2.35. The first-order chi connectivity index (χ1) is 7.90. The quantitative estimate of drug-likeness (QED) is 0.802. The monoisotopic (exact) mass is 244 g/mol. The molecule has 2 aliphatic heterocycles. The fraction of sp³-hybridized carbons (Fsp3) is 1.00. The van der Waals surface area contributed by atoms with E-state index in [1.54, 1.807) is 0 Å². The average Bonchev–Trinajstić information content (AvgIpc) is 2.38. The van der Waals surface area contributed by atoms with Gasteiger partial charge in [-0.15, -0.1) is 0 Å². The molecular weight excluding hydrogens is 220 g/mol. The molecule has 3 nitrogen and oxygen atoms in total. The van der Waals surface area contributed by atoms with Gasteiger partial charge in [-0.2, -0.15) is 11.8 Å². The van der Waals surface area contributed by atoms with Crippen molar-refractivity contribution < 1.29 is 4.74 Å². The van der Waals surface area contributed by atoms with Crippen molar-refractivity contribution in [3.8, 4) is 0 Å². The molecule has 2 heterocycles. The number of rotatable bonds is 4. The van der Waals surface area contributed by atoms with E-state index in [-0.39, 0.29) is 0 Å². The Morgan fingerprint density at radius 2 is 1.94 bits per heavy atom. The standard InChI is InChI=1S/C12H24N2OS/c13-9-12(11-1-7-16-8-2-11)10-14-3-5-15-6-4-14/h11-12H,1-10,13H2. The number of ether oxygens (including phenoxy) is 1. The molecule has 2 saturated heterocycles. The largest absolute Gasteiger partial charge is 0.379 e. The lowest BCUT2D eigenvalue weighted by molar-refractivity contribution is 0.0261. The summed E-state index contributed by atoms with van der Waals surface area (Å²) in [5, 5.41) is 0. The van der Waals surface area contributed by atoms with Crippen molar-refractivity contribution in [2.75, 3.05) is 50.9 Å². The Bertz CT molecular complexity index is 191. The highest BCUT2D eigenvalue weighted by Gasteiger charge is 2.25. The van der Waals surface area contributed by atoms with Crippen molar-refractivity contribution in [3.05, 3.63) is 0 Å². The molecule has 2 rings (SSSR count). The first kappa shape index (κ1) is 12.7. The van der Waals surface area contributed by atoms with Crippen LogP contribution in [-0.4, -0.2) is 55.8 Å². The van der Waals surface area contributed by atoms with Gasteiger partial charge in [-0.05, 0) is 42.7 Å². The maximum absolute atomic E-state index is 5.96. The molecule has 4 heteroatoms. The smallest absolute Gasteiger partial charge is 0.0594 e. The number of nitrogens with two attached hydrogens (primary N) is 1. The minimum atomic E-state index is 0.707. The van der Waals surface area contributed by atoms with Crippen molar-refractivity contribution in [1.82, 2.24) is 4.90 Å². The van der Waals surface area contributed by atoms with Gasteiger partial charge in [-0.25, -0.2) is 0 Å². The van der Waals surface area contributed by atoms with Gasteiger partial charge in [0, 0.05) is 19.6 Å². The first-order valence-electron chi connectivity index (χ1n) is 6.48. The van der Waals surface area contributed by atoms with Crippen LogP contribution in [-0.2, 0) is 4.74 Å². The molecule has 1 atom stereocenters. The molecule has 0 aromatic heterocycles. The van der Waals surface area contributed by atoms with E-state index in [9.17, 15) is 0 Å². The summed E-state index contributed by atoms with van der Waals surface area (Å²) >= 11 is 2.10. The van der Waals surface area contributed by atoms with Crippen LogP contribution in [0.2, 0.25) is 0 Å². The maximum atomic E-state index is 5.96. The molecular formula is C12H24N2OS. The van der Waals surface area contributed by atoms with Gasteiger partial charge in [0.15, 0.2) is 0 Å². The zero-order valence-electron chi connectivity index (χ0n) is 10.1. The van der Waals surface area contributed by atoms with Crippen molar-refractivity contribution >= 4 is 11.8 Å². The van der Waals surface area contributed by atoms with E-state index >= 15 is 0 Å². The van der Waals surface area contributed by atoms with E-state index < -0.39 is 0 Å². The highest BCUT2D eigenvalue weighted by molar-refractivity contribution is 7.99. The second kappa shape index (κ2) is 6.84. The Kier molecular flexibility index (Phi) is 5.42. The van der Waals surface area contributed by atoms with Crippen LogP contribution < -0.4 is 5.73 Å². The van der Waals surface area contributed by atoms with Gasteiger partial charge < -0.3 is 10.5 Å². The van der Waals surface area contributed by atoms with Gasteiger partial charge >= 0.3 is 0 Å². The fourth-order valence-corrected chi connectivity index (χ4v) is 3.86. The van der Waals surface area contributed by atoms with E-state index in [1.807, 2.05) is 0 Å². The Morgan fingerprint density at radius 3 is 2.56 bits per heavy atom. The third-order valence-electron chi connectivity index (χ3n) is 3.83. The molecule has 2 fully saturated rings. The van der Waals surface area contributed by atoms with E-state index in [2.05, 4.69) is 16.7 Å². The molecule has 16 heavy (non-hydrogen) atoms.